The van der Waals surface area contributed by atoms with Gasteiger partial charge in [-0.25, -0.2) is 4.98 Å². The maximum absolute atomic E-state index is 12.4. The average Bonchev–Trinajstić information content (AvgIpc) is 3.19. The molecule has 136 valence electrons. The van der Waals surface area contributed by atoms with E-state index in [0.717, 1.165) is 43.3 Å². The summed E-state index contributed by atoms with van der Waals surface area (Å²) in [6.07, 6.45) is 2.75. The number of hydrogen-bond donors (Lipinski definition) is 1. The molecule has 0 aromatic carbocycles. The molecule has 1 aromatic rings. The summed E-state index contributed by atoms with van der Waals surface area (Å²) < 4.78 is 0. The second-order valence-electron chi connectivity index (χ2n) is 6.53. The Bertz CT molecular complexity index is 598. The van der Waals surface area contributed by atoms with E-state index in [-0.39, 0.29) is 42.0 Å². The van der Waals surface area contributed by atoms with Crippen LogP contribution in [0.25, 0.3) is 0 Å². The van der Waals surface area contributed by atoms with E-state index in [1.165, 1.54) is 11.3 Å². The average molecular weight is 395 g/mol. The Hall–Kier alpha value is -0.890. The van der Waals surface area contributed by atoms with Crippen LogP contribution in [0.1, 0.15) is 31.9 Å². The van der Waals surface area contributed by atoms with Crippen LogP contribution < -0.4 is 10.6 Å². The molecule has 24 heavy (non-hydrogen) atoms. The molecule has 0 aliphatic carbocycles. The molecule has 6 nitrogen and oxygen atoms in total. The molecule has 1 aromatic heterocycles. The number of amides is 2. The van der Waals surface area contributed by atoms with E-state index in [1.807, 2.05) is 10.3 Å². The first-order valence-electron chi connectivity index (χ1n) is 7.73. The van der Waals surface area contributed by atoms with Gasteiger partial charge in [0, 0.05) is 31.4 Å². The Labute approximate surface area is 158 Å². The van der Waals surface area contributed by atoms with Crippen LogP contribution in [-0.2, 0) is 16.0 Å². The monoisotopic (exact) mass is 394 g/mol. The lowest BCUT2D eigenvalue weighted by molar-refractivity contribution is -0.129. The van der Waals surface area contributed by atoms with Crippen molar-refractivity contribution in [1.29, 1.82) is 0 Å². The van der Waals surface area contributed by atoms with E-state index in [1.54, 1.807) is 4.90 Å². The maximum Gasteiger partial charge on any atom is 0.228 e. The minimum atomic E-state index is 0. The van der Waals surface area contributed by atoms with E-state index >= 15 is 0 Å². The molecule has 0 radical (unpaired) electrons. The first kappa shape index (κ1) is 21.2. The lowest BCUT2D eigenvalue weighted by Gasteiger charge is -2.22. The van der Waals surface area contributed by atoms with E-state index in [2.05, 4.69) is 11.9 Å². The quantitative estimate of drug-likeness (QED) is 0.844. The third kappa shape index (κ3) is 4.39. The highest BCUT2D eigenvalue weighted by molar-refractivity contribution is 7.14. The van der Waals surface area contributed by atoms with E-state index in [4.69, 9.17) is 5.73 Å². The number of rotatable bonds is 4. The predicted molar refractivity (Wildman–Crippen MR) is 100 cm³/mol. The van der Waals surface area contributed by atoms with Crippen LogP contribution in [0.4, 0.5) is 5.13 Å². The molecule has 2 fully saturated rings. The minimum absolute atomic E-state index is 0. The first-order chi connectivity index (χ1) is 10.5. The van der Waals surface area contributed by atoms with Gasteiger partial charge in [-0.2, -0.15) is 0 Å². The Balaban J connectivity index is 0.00000144. The molecular formula is C15H24Cl2N4O2S. The van der Waals surface area contributed by atoms with Crippen molar-refractivity contribution in [2.75, 3.05) is 31.1 Å². The van der Waals surface area contributed by atoms with Crippen LogP contribution in [0.3, 0.4) is 0 Å². The van der Waals surface area contributed by atoms with E-state index in [0.29, 0.717) is 19.4 Å². The maximum atomic E-state index is 12.4. The van der Waals surface area contributed by atoms with E-state index in [9.17, 15) is 9.59 Å². The fraction of sp³-hybridized carbons (Fsp3) is 0.667. The summed E-state index contributed by atoms with van der Waals surface area (Å²) in [5.41, 5.74) is 6.59. The minimum Gasteiger partial charge on any atom is -0.342 e. The summed E-state index contributed by atoms with van der Waals surface area (Å²) in [5.74, 6) is 0.229. The van der Waals surface area contributed by atoms with Crippen molar-refractivity contribution in [1.82, 2.24) is 9.88 Å². The Morgan fingerprint density at radius 3 is 2.75 bits per heavy atom. The Kier molecular flexibility index (Phi) is 7.46. The SMILES string of the molecule is CC1(CN)CCN(C(=O)Cc2csc(N3CCCC3=O)n2)C1.Cl.Cl. The van der Waals surface area contributed by atoms with Crippen LogP contribution in [-0.4, -0.2) is 47.9 Å². The molecule has 2 aliphatic rings. The number of carbonyl (C=O) groups excluding carboxylic acids is 2. The van der Waals surface area contributed by atoms with Gasteiger partial charge < -0.3 is 10.6 Å². The lowest BCUT2D eigenvalue weighted by atomic mass is 9.90. The van der Waals surface area contributed by atoms with Gasteiger partial charge in [0.2, 0.25) is 11.8 Å². The molecule has 1 unspecified atom stereocenters. The Morgan fingerprint density at radius 1 is 1.42 bits per heavy atom. The number of likely N-dealkylation sites (tertiary alicyclic amines) is 1. The number of anilines is 1. The van der Waals surface area contributed by atoms with Gasteiger partial charge >= 0.3 is 0 Å². The molecule has 2 amide bonds. The third-order valence-corrected chi connectivity index (χ3v) is 5.49. The van der Waals surface area contributed by atoms with Crippen LogP contribution in [0, 0.1) is 5.41 Å². The van der Waals surface area contributed by atoms with Gasteiger partial charge in [0.05, 0.1) is 12.1 Å². The van der Waals surface area contributed by atoms with Gasteiger partial charge in [-0.15, -0.1) is 36.2 Å². The second-order valence-corrected chi connectivity index (χ2v) is 7.36. The summed E-state index contributed by atoms with van der Waals surface area (Å²) in [6.45, 7) is 4.97. The zero-order valence-corrected chi connectivity index (χ0v) is 16.1. The summed E-state index contributed by atoms with van der Waals surface area (Å²) in [5, 5.41) is 2.61. The topological polar surface area (TPSA) is 79.5 Å². The summed E-state index contributed by atoms with van der Waals surface area (Å²) in [6, 6.07) is 0. The number of nitrogens with zero attached hydrogens (tertiary/aromatic N) is 3. The number of hydrogen-bond acceptors (Lipinski definition) is 5. The van der Waals surface area contributed by atoms with Crippen molar-refractivity contribution < 1.29 is 9.59 Å². The van der Waals surface area contributed by atoms with Gasteiger partial charge in [-0.1, -0.05) is 6.92 Å². The molecule has 3 heterocycles. The lowest BCUT2D eigenvalue weighted by Crippen LogP contribution is -2.35. The Morgan fingerprint density at radius 2 is 2.17 bits per heavy atom. The molecule has 0 saturated carbocycles. The number of thiazole rings is 1. The smallest absolute Gasteiger partial charge is 0.228 e. The molecule has 2 N–H and O–H groups in total. The van der Waals surface area contributed by atoms with Gasteiger partial charge in [-0.3, -0.25) is 14.5 Å². The largest absolute Gasteiger partial charge is 0.342 e. The zero-order chi connectivity index (χ0) is 15.7. The fourth-order valence-corrected chi connectivity index (χ4v) is 3.89. The van der Waals surface area contributed by atoms with Crippen LogP contribution in [0.5, 0.6) is 0 Å². The second kappa shape index (κ2) is 8.47. The predicted octanol–water partition coefficient (Wildman–Crippen LogP) is 1.85. The number of nitrogens with two attached hydrogens (primary N) is 1. The molecular weight excluding hydrogens is 371 g/mol. The van der Waals surface area contributed by atoms with Crippen molar-refractivity contribution in [3.8, 4) is 0 Å². The van der Waals surface area contributed by atoms with Crippen molar-refractivity contribution in [2.24, 2.45) is 11.1 Å². The molecule has 2 aliphatic heterocycles. The summed E-state index contributed by atoms with van der Waals surface area (Å²) >= 11 is 1.44. The standard InChI is InChI=1S/C15H22N4O2S.2ClH/c1-15(9-16)4-6-18(10-15)13(21)7-11-8-22-14(17-11)19-5-2-3-12(19)20;;/h8H,2-7,9-10,16H2,1H3;2*1H. The van der Waals surface area contributed by atoms with Gasteiger partial charge in [0.25, 0.3) is 0 Å². The highest BCUT2D eigenvalue weighted by Gasteiger charge is 2.35. The molecule has 3 rings (SSSR count). The molecule has 9 heteroatoms. The third-order valence-electron chi connectivity index (χ3n) is 4.58. The van der Waals surface area contributed by atoms with Crippen LogP contribution >= 0.6 is 36.2 Å². The number of aromatic nitrogens is 1. The normalized spacial score (nSPS) is 23.2. The van der Waals surface area contributed by atoms with Gasteiger partial charge in [-0.05, 0) is 24.8 Å². The number of carbonyl (C=O) groups is 2. The number of halogens is 2. The molecule has 2 saturated heterocycles. The van der Waals surface area contributed by atoms with Crippen LogP contribution in [0.2, 0.25) is 0 Å². The zero-order valence-electron chi connectivity index (χ0n) is 13.7. The van der Waals surface area contributed by atoms with Crippen molar-refractivity contribution in [3.63, 3.8) is 0 Å². The van der Waals surface area contributed by atoms with Crippen molar-refractivity contribution >= 4 is 53.1 Å². The summed E-state index contributed by atoms with van der Waals surface area (Å²) in [4.78, 5) is 32.2. The van der Waals surface area contributed by atoms with Gasteiger partial charge in [0.15, 0.2) is 5.13 Å². The van der Waals surface area contributed by atoms with Crippen molar-refractivity contribution in [3.05, 3.63) is 11.1 Å². The van der Waals surface area contributed by atoms with E-state index < -0.39 is 0 Å². The van der Waals surface area contributed by atoms with Gasteiger partial charge in [0.1, 0.15) is 0 Å². The molecule has 1 atom stereocenters. The molecule has 0 spiro atoms. The molecule has 0 bridgehead atoms. The fourth-order valence-electron chi connectivity index (χ4n) is 3.02. The van der Waals surface area contributed by atoms with Crippen molar-refractivity contribution in [2.45, 2.75) is 32.6 Å². The highest BCUT2D eigenvalue weighted by Crippen LogP contribution is 2.29. The first-order valence-corrected chi connectivity index (χ1v) is 8.61. The highest BCUT2D eigenvalue weighted by atomic mass is 35.5. The van der Waals surface area contributed by atoms with Crippen LogP contribution in [0.15, 0.2) is 5.38 Å². The summed E-state index contributed by atoms with van der Waals surface area (Å²) in [7, 11) is 0.